The summed E-state index contributed by atoms with van der Waals surface area (Å²) in [5.41, 5.74) is 1.34. The van der Waals surface area contributed by atoms with Crippen molar-refractivity contribution in [1.29, 1.82) is 0 Å². The summed E-state index contributed by atoms with van der Waals surface area (Å²) < 4.78 is 0. The van der Waals surface area contributed by atoms with Crippen molar-refractivity contribution >= 4 is 17.8 Å². The van der Waals surface area contributed by atoms with Crippen LogP contribution >= 0.6 is 11.8 Å². The maximum Gasteiger partial charge on any atom is -0.00231 e. The maximum absolute atomic E-state index is 2.32. The molecule has 0 aliphatic carbocycles. The van der Waals surface area contributed by atoms with E-state index in [9.17, 15) is 0 Å². The van der Waals surface area contributed by atoms with Crippen molar-refractivity contribution in [1.82, 2.24) is 0 Å². The Morgan fingerprint density at radius 3 is 2.62 bits per heavy atom. The Morgan fingerprint density at radius 1 is 1.08 bits per heavy atom. The number of thioether (sulfide) groups is 1. The smallest absolute Gasteiger partial charge is 0.00231 e. The molecule has 1 aliphatic heterocycles. The Morgan fingerprint density at radius 2 is 1.92 bits per heavy atom. The molecule has 0 atom stereocenters. The molecule has 1 aromatic rings. The van der Waals surface area contributed by atoms with Gasteiger partial charge in [0.25, 0.3) is 0 Å². The van der Waals surface area contributed by atoms with Gasteiger partial charge < -0.3 is 0 Å². The highest BCUT2D eigenvalue weighted by atomic mass is 32.2. The summed E-state index contributed by atoms with van der Waals surface area (Å²) >= 11 is 2.02. The first kappa shape index (κ1) is 8.89. The lowest BCUT2D eigenvalue weighted by Crippen LogP contribution is -1.91. The molecule has 1 fully saturated rings. The van der Waals surface area contributed by atoms with E-state index in [0.717, 1.165) is 0 Å². The van der Waals surface area contributed by atoms with Gasteiger partial charge in [-0.3, -0.25) is 0 Å². The predicted octanol–water partition coefficient (Wildman–Crippen LogP) is 3.94. The molecule has 0 N–H and O–H groups in total. The first-order chi connectivity index (χ1) is 6.45. The van der Waals surface area contributed by atoms with Crippen LogP contribution in [-0.2, 0) is 0 Å². The van der Waals surface area contributed by atoms with Crippen LogP contribution in [0.2, 0.25) is 0 Å². The topological polar surface area (TPSA) is 0 Å². The highest BCUT2D eigenvalue weighted by molar-refractivity contribution is 8.03. The van der Waals surface area contributed by atoms with Crippen molar-refractivity contribution in [3.63, 3.8) is 0 Å². The van der Waals surface area contributed by atoms with Gasteiger partial charge in [-0.25, -0.2) is 0 Å². The first-order valence-corrected chi connectivity index (χ1v) is 5.82. The average molecular weight is 190 g/mol. The maximum atomic E-state index is 2.32. The SMILES string of the molecule is C(=C1/CCCCS1)/c1ccccc1. The first-order valence-electron chi connectivity index (χ1n) is 4.83. The van der Waals surface area contributed by atoms with Gasteiger partial charge in [-0.1, -0.05) is 30.3 Å². The zero-order chi connectivity index (χ0) is 8.93. The summed E-state index contributed by atoms with van der Waals surface area (Å²) in [5.74, 6) is 1.30. The van der Waals surface area contributed by atoms with Crippen molar-refractivity contribution in [2.75, 3.05) is 5.75 Å². The molecule has 1 saturated heterocycles. The molecule has 1 aliphatic rings. The molecule has 2 rings (SSSR count). The van der Waals surface area contributed by atoms with E-state index in [1.807, 2.05) is 11.8 Å². The van der Waals surface area contributed by atoms with Crippen LogP contribution in [0.1, 0.15) is 24.8 Å². The lowest BCUT2D eigenvalue weighted by atomic mass is 10.1. The van der Waals surface area contributed by atoms with Gasteiger partial charge in [-0.05, 0) is 41.6 Å². The molecule has 0 spiro atoms. The molecule has 0 aromatic heterocycles. The molecule has 0 bridgehead atoms. The second kappa shape index (κ2) is 4.52. The number of hydrogen-bond acceptors (Lipinski definition) is 1. The summed E-state index contributed by atoms with van der Waals surface area (Å²) in [6, 6.07) is 10.6. The normalized spacial score (nSPS) is 20.5. The zero-order valence-electron chi connectivity index (χ0n) is 7.70. The van der Waals surface area contributed by atoms with E-state index in [1.54, 1.807) is 4.91 Å². The molecule has 0 nitrogen and oxygen atoms in total. The molecular formula is C12H14S. The monoisotopic (exact) mass is 190 g/mol. The van der Waals surface area contributed by atoms with Crippen LogP contribution in [0.5, 0.6) is 0 Å². The van der Waals surface area contributed by atoms with E-state index >= 15 is 0 Å². The van der Waals surface area contributed by atoms with E-state index in [-0.39, 0.29) is 0 Å². The van der Waals surface area contributed by atoms with E-state index in [1.165, 1.54) is 30.6 Å². The summed E-state index contributed by atoms with van der Waals surface area (Å²) in [6.07, 6.45) is 6.35. The van der Waals surface area contributed by atoms with Crippen molar-refractivity contribution in [3.8, 4) is 0 Å². The van der Waals surface area contributed by atoms with Gasteiger partial charge in [0.2, 0.25) is 0 Å². The van der Waals surface area contributed by atoms with Gasteiger partial charge in [0.1, 0.15) is 0 Å². The Balaban J connectivity index is 2.10. The fraction of sp³-hybridized carbons (Fsp3) is 0.333. The Kier molecular flexibility index (Phi) is 3.09. The molecule has 1 heterocycles. The second-order valence-electron chi connectivity index (χ2n) is 3.33. The van der Waals surface area contributed by atoms with Crippen LogP contribution in [0.15, 0.2) is 35.2 Å². The molecule has 68 valence electrons. The quantitative estimate of drug-likeness (QED) is 0.646. The summed E-state index contributed by atoms with van der Waals surface area (Å²) in [4.78, 5) is 1.55. The molecule has 1 aromatic carbocycles. The fourth-order valence-electron chi connectivity index (χ4n) is 1.53. The van der Waals surface area contributed by atoms with E-state index in [4.69, 9.17) is 0 Å². The Hall–Kier alpha value is -0.690. The average Bonchev–Trinajstić information content (AvgIpc) is 2.21. The van der Waals surface area contributed by atoms with Crippen LogP contribution in [-0.4, -0.2) is 5.75 Å². The van der Waals surface area contributed by atoms with Gasteiger partial charge in [-0.15, -0.1) is 11.8 Å². The standard InChI is InChI=1S/C12H14S/c1-2-6-11(7-3-1)10-12-8-4-5-9-13-12/h1-3,6-7,10H,4-5,8-9H2/b12-10+. The summed E-state index contributed by atoms with van der Waals surface area (Å²) in [5, 5.41) is 0. The Bertz CT molecular complexity index is 279. The number of allylic oxidation sites excluding steroid dienone is 1. The van der Waals surface area contributed by atoms with E-state index < -0.39 is 0 Å². The Labute approximate surface area is 84.0 Å². The van der Waals surface area contributed by atoms with Crippen LogP contribution < -0.4 is 0 Å². The molecule has 0 saturated carbocycles. The number of hydrogen-bond donors (Lipinski definition) is 0. The summed E-state index contributed by atoms with van der Waals surface area (Å²) in [6.45, 7) is 0. The van der Waals surface area contributed by atoms with E-state index in [0.29, 0.717) is 0 Å². The minimum Gasteiger partial charge on any atom is -0.131 e. The van der Waals surface area contributed by atoms with Crippen LogP contribution in [0.25, 0.3) is 6.08 Å². The van der Waals surface area contributed by atoms with Gasteiger partial charge in [-0.2, -0.15) is 0 Å². The van der Waals surface area contributed by atoms with Crippen molar-refractivity contribution in [2.24, 2.45) is 0 Å². The van der Waals surface area contributed by atoms with Crippen LogP contribution in [0.4, 0.5) is 0 Å². The lowest BCUT2D eigenvalue weighted by Gasteiger charge is -2.12. The number of benzene rings is 1. The van der Waals surface area contributed by atoms with Crippen molar-refractivity contribution < 1.29 is 0 Å². The molecule has 0 amide bonds. The highest BCUT2D eigenvalue weighted by Gasteiger charge is 2.04. The van der Waals surface area contributed by atoms with Gasteiger partial charge >= 0.3 is 0 Å². The van der Waals surface area contributed by atoms with E-state index in [2.05, 4.69) is 36.4 Å². The van der Waals surface area contributed by atoms with Gasteiger partial charge in [0.15, 0.2) is 0 Å². The lowest BCUT2D eigenvalue weighted by molar-refractivity contribution is 0.802. The minimum atomic E-state index is 1.28. The molecule has 0 radical (unpaired) electrons. The van der Waals surface area contributed by atoms with Crippen molar-refractivity contribution in [2.45, 2.75) is 19.3 Å². The molecule has 13 heavy (non-hydrogen) atoms. The van der Waals surface area contributed by atoms with Crippen LogP contribution in [0.3, 0.4) is 0 Å². The minimum absolute atomic E-state index is 1.28. The second-order valence-corrected chi connectivity index (χ2v) is 4.55. The third-order valence-corrected chi connectivity index (χ3v) is 3.42. The number of rotatable bonds is 1. The van der Waals surface area contributed by atoms with Gasteiger partial charge in [0, 0.05) is 0 Å². The third-order valence-electron chi connectivity index (χ3n) is 2.23. The molecular weight excluding hydrogens is 176 g/mol. The largest absolute Gasteiger partial charge is 0.131 e. The highest BCUT2D eigenvalue weighted by Crippen LogP contribution is 2.30. The van der Waals surface area contributed by atoms with Crippen LogP contribution in [0, 0.1) is 0 Å². The zero-order valence-corrected chi connectivity index (χ0v) is 8.52. The third kappa shape index (κ3) is 2.63. The van der Waals surface area contributed by atoms with Gasteiger partial charge in [0.05, 0.1) is 0 Å². The molecule has 0 unspecified atom stereocenters. The fourth-order valence-corrected chi connectivity index (χ4v) is 2.64. The summed E-state index contributed by atoms with van der Waals surface area (Å²) in [7, 11) is 0. The molecule has 1 heteroatoms. The predicted molar refractivity (Wildman–Crippen MR) is 60.7 cm³/mol. The van der Waals surface area contributed by atoms with Crippen molar-refractivity contribution in [3.05, 3.63) is 40.8 Å².